The van der Waals surface area contributed by atoms with Crippen LogP contribution in [0.5, 0.6) is 0 Å². The maximum absolute atomic E-state index is 12.5. The lowest BCUT2D eigenvalue weighted by Crippen LogP contribution is -2.44. The number of hydrogen-bond donors (Lipinski definition) is 1. The zero-order valence-electron chi connectivity index (χ0n) is 15.5. The fraction of sp³-hybridized carbons (Fsp3) is 0.200. The Morgan fingerprint density at radius 2 is 2.10 bits per heavy atom. The van der Waals surface area contributed by atoms with Crippen molar-refractivity contribution in [1.82, 2.24) is 4.98 Å². The Kier molecular flexibility index (Phi) is 5.13. The zero-order valence-corrected chi connectivity index (χ0v) is 16.3. The molecule has 4 rings (SSSR count). The van der Waals surface area contributed by atoms with Crippen LogP contribution in [0.4, 0.5) is 11.4 Å². The minimum Gasteiger partial charge on any atom is -0.455 e. The monoisotopic (exact) mass is 411 g/mol. The summed E-state index contributed by atoms with van der Waals surface area (Å²) in [6, 6.07) is 10.7. The molecule has 0 radical (unpaired) electrons. The first-order valence-electron chi connectivity index (χ1n) is 8.86. The maximum atomic E-state index is 12.5. The van der Waals surface area contributed by atoms with Gasteiger partial charge in [0.2, 0.25) is 11.8 Å². The van der Waals surface area contributed by atoms with Crippen LogP contribution in [0, 0.1) is 6.92 Å². The molecular weight excluding hydrogens is 394 g/mol. The van der Waals surface area contributed by atoms with Crippen LogP contribution in [-0.2, 0) is 25.5 Å². The van der Waals surface area contributed by atoms with E-state index in [9.17, 15) is 14.4 Å². The molecule has 148 valence electrons. The number of amides is 2. The Labute approximate surface area is 170 Å². The standard InChI is InChI=1S/C20H17N3O5S/c1-12-14(22-20(28-12)16-7-4-8-29-16)9-19(26)27-11-18(25)23-10-17(24)21-13-5-2-3-6-15(13)23/h2-8H,9-11H2,1H3,(H,21,24). The van der Waals surface area contributed by atoms with Crippen molar-refractivity contribution in [3.63, 3.8) is 0 Å². The van der Waals surface area contributed by atoms with E-state index in [1.165, 1.54) is 16.2 Å². The summed E-state index contributed by atoms with van der Waals surface area (Å²) in [5.74, 6) is -0.396. The topological polar surface area (TPSA) is 102 Å². The quantitative estimate of drug-likeness (QED) is 0.648. The number of ether oxygens (including phenoxy) is 1. The van der Waals surface area contributed by atoms with Crippen LogP contribution in [0.2, 0.25) is 0 Å². The number of nitrogens with one attached hydrogen (secondary N) is 1. The van der Waals surface area contributed by atoms with Gasteiger partial charge in [-0.15, -0.1) is 11.3 Å². The van der Waals surface area contributed by atoms with Crippen molar-refractivity contribution in [3.8, 4) is 10.8 Å². The highest BCUT2D eigenvalue weighted by Gasteiger charge is 2.27. The SMILES string of the molecule is Cc1oc(-c2cccs2)nc1CC(=O)OCC(=O)N1CC(=O)Nc2ccccc21. The number of oxazole rings is 1. The van der Waals surface area contributed by atoms with Gasteiger partial charge in [0.25, 0.3) is 5.91 Å². The average molecular weight is 411 g/mol. The summed E-state index contributed by atoms with van der Waals surface area (Å²) >= 11 is 1.49. The smallest absolute Gasteiger partial charge is 0.312 e. The largest absolute Gasteiger partial charge is 0.455 e. The van der Waals surface area contributed by atoms with E-state index >= 15 is 0 Å². The number of aryl methyl sites for hydroxylation is 1. The number of carbonyl (C=O) groups excluding carboxylic acids is 3. The molecule has 3 heterocycles. The molecule has 2 amide bonds. The molecule has 0 atom stereocenters. The number of esters is 1. The third kappa shape index (κ3) is 4.04. The summed E-state index contributed by atoms with van der Waals surface area (Å²) in [6.07, 6.45) is -0.106. The van der Waals surface area contributed by atoms with Crippen molar-refractivity contribution in [2.45, 2.75) is 13.3 Å². The van der Waals surface area contributed by atoms with Crippen LogP contribution in [0.1, 0.15) is 11.5 Å². The van der Waals surface area contributed by atoms with Gasteiger partial charge < -0.3 is 14.5 Å². The van der Waals surface area contributed by atoms with Gasteiger partial charge in [-0.3, -0.25) is 19.3 Å². The Balaban J connectivity index is 1.38. The summed E-state index contributed by atoms with van der Waals surface area (Å²) in [4.78, 5) is 43.1. The number of thiophene rings is 1. The Hall–Kier alpha value is -3.46. The summed E-state index contributed by atoms with van der Waals surface area (Å²) < 4.78 is 10.7. The van der Waals surface area contributed by atoms with Gasteiger partial charge >= 0.3 is 5.97 Å². The molecule has 0 saturated heterocycles. The van der Waals surface area contributed by atoms with Crippen LogP contribution in [0.3, 0.4) is 0 Å². The Morgan fingerprint density at radius 1 is 1.28 bits per heavy atom. The molecule has 0 unspecified atom stereocenters. The number of carbonyl (C=O) groups is 3. The third-order valence-corrected chi connectivity index (χ3v) is 5.22. The highest BCUT2D eigenvalue weighted by Crippen LogP contribution is 2.29. The number of para-hydroxylation sites is 2. The van der Waals surface area contributed by atoms with Gasteiger partial charge in [-0.05, 0) is 30.5 Å². The van der Waals surface area contributed by atoms with Gasteiger partial charge in [-0.2, -0.15) is 0 Å². The van der Waals surface area contributed by atoms with Crippen LogP contribution in [0.25, 0.3) is 10.8 Å². The predicted molar refractivity (Wildman–Crippen MR) is 107 cm³/mol. The minimum atomic E-state index is -0.595. The molecule has 0 fully saturated rings. The molecule has 2 aromatic heterocycles. The van der Waals surface area contributed by atoms with Crippen molar-refractivity contribution in [1.29, 1.82) is 0 Å². The van der Waals surface area contributed by atoms with Gasteiger partial charge in [0.1, 0.15) is 12.3 Å². The second kappa shape index (κ2) is 7.88. The first-order chi connectivity index (χ1) is 14.0. The number of fused-ring (bicyclic) bond motifs is 1. The second-order valence-corrected chi connectivity index (χ2v) is 7.33. The lowest BCUT2D eigenvalue weighted by atomic mass is 10.2. The van der Waals surface area contributed by atoms with Crippen molar-refractivity contribution in [2.24, 2.45) is 0 Å². The van der Waals surface area contributed by atoms with Crippen LogP contribution in [-0.4, -0.2) is 35.9 Å². The molecule has 1 aromatic carbocycles. The first-order valence-corrected chi connectivity index (χ1v) is 9.74. The van der Waals surface area contributed by atoms with Gasteiger partial charge in [0, 0.05) is 0 Å². The molecule has 1 N–H and O–H groups in total. The number of hydrogen-bond acceptors (Lipinski definition) is 7. The molecule has 3 aromatic rings. The number of anilines is 2. The fourth-order valence-corrected chi connectivity index (χ4v) is 3.61. The maximum Gasteiger partial charge on any atom is 0.312 e. The normalized spacial score (nSPS) is 13.0. The Bertz CT molecular complexity index is 1070. The molecule has 1 aliphatic rings. The number of nitrogens with zero attached hydrogens (tertiary/aromatic N) is 2. The molecule has 9 heteroatoms. The fourth-order valence-electron chi connectivity index (χ4n) is 2.96. The molecule has 0 aliphatic carbocycles. The van der Waals surface area contributed by atoms with Crippen molar-refractivity contribution in [3.05, 3.63) is 53.2 Å². The van der Waals surface area contributed by atoms with Crippen molar-refractivity contribution < 1.29 is 23.5 Å². The molecular formula is C20H17N3O5S. The summed E-state index contributed by atoms with van der Waals surface area (Å²) in [7, 11) is 0. The van der Waals surface area contributed by atoms with E-state index in [1.807, 2.05) is 17.5 Å². The molecule has 0 saturated carbocycles. The van der Waals surface area contributed by atoms with Crippen molar-refractivity contribution >= 4 is 40.5 Å². The molecule has 0 spiro atoms. The second-order valence-electron chi connectivity index (χ2n) is 6.38. The highest BCUT2D eigenvalue weighted by molar-refractivity contribution is 7.13. The van der Waals surface area contributed by atoms with E-state index in [4.69, 9.17) is 9.15 Å². The number of aromatic nitrogens is 1. The summed E-state index contributed by atoms with van der Waals surface area (Å²) in [5, 5.41) is 4.61. The highest BCUT2D eigenvalue weighted by atomic mass is 32.1. The van der Waals surface area contributed by atoms with Gasteiger partial charge in [-0.1, -0.05) is 18.2 Å². The first kappa shape index (κ1) is 18.9. The van der Waals surface area contributed by atoms with Gasteiger partial charge in [-0.25, -0.2) is 4.98 Å². The number of rotatable bonds is 5. The van der Waals surface area contributed by atoms with E-state index in [-0.39, 0.29) is 18.9 Å². The van der Waals surface area contributed by atoms with E-state index in [0.717, 1.165) is 4.88 Å². The molecule has 8 nitrogen and oxygen atoms in total. The molecule has 0 bridgehead atoms. The van der Waals surface area contributed by atoms with Gasteiger partial charge in [0.05, 0.1) is 28.4 Å². The zero-order chi connectivity index (χ0) is 20.4. The van der Waals surface area contributed by atoms with Crippen LogP contribution in [0.15, 0.2) is 46.2 Å². The molecule has 1 aliphatic heterocycles. The van der Waals surface area contributed by atoms with Crippen LogP contribution < -0.4 is 10.2 Å². The number of benzene rings is 1. The van der Waals surface area contributed by atoms with E-state index in [0.29, 0.717) is 28.7 Å². The molecule has 29 heavy (non-hydrogen) atoms. The summed E-state index contributed by atoms with van der Waals surface area (Å²) in [5.41, 5.74) is 1.58. The minimum absolute atomic E-state index is 0.106. The van der Waals surface area contributed by atoms with E-state index in [1.54, 1.807) is 31.2 Å². The van der Waals surface area contributed by atoms with Gasteiger partial charge in [0.15, 0.2) is 6.61 Å². The van der Waals surface area contributed by atoms with Crippen molar-refractivity contribution in [2.75, 3.05) is 23.4 Å². The lowest BCUT2D eigenvalue weighted by molar-refractivity contribution is -0.147. The van der Waals surface area contributed by atoms with E-state index < -0.39 is 18.5 Å². The summed E-state index contributed by atoms with van der Waals surface area (Å²) in [6.45, 7) is 1.14. The third-order valence-electron chi connectivity index (χ3n) is 4.36. The average Bonchev–Trinajstić information content (AvgIpc) is 3.36. The predicted octanol–water partition coefficient (Wildman–Crippen LogP) is 2.78. The Morgan fingerprint density at radius 3 is 2.90 bits per heavy atom. The lowest BCUT2D eigenvalue weighted by Gasteiger charge is -2.28. The van der Waals surface area contributed by atoms with Crippen LogP contribution >= 0.6 is 11.3 Å². The van der Waals surface area contributed by atoms with E-state index in [2.05, 4.69) is 10.3 Å².